The van der Waals surface area contributed by atoms with Gasteiger partial charge in [-0.25, -0.2) is 5.10 Å². The zero-order valence-corrected chi connectivity index (χ0v) is 12.3. The lowest BCUT2D eigenvalue weighted by Crippen LogP contribution is -1.95. The third-order valence-electron chi connectivity index (χ3n) is 2.76. The third kappa shape index (κ3) is 3.07. The second-order valence-corrected chi connectivity index (χ2v) is 5.02. The fraction of sp³-hybridized carbons (Fsp3) is 0. The number of halogens is 1. The highest BCUT2D eigenvalue weighted by atomic mass is 35.5. The van der Waals surface area contributed by atoms with Crippen molar-refractivity contribution in [1.82, 2.24) is 19.9 Å². The summed E-state index contributed by atoms with van der Waals surface area (Å²) in [5, 5.41) is 11.9. The van der Waals surface area contributed by atoms with Crippen molar-refractivity contribution in [2.45, 2.75) is 0 Å². The molecular weight excluding hydrogens is 306 g/mol. The lowest BCUT2D eigenvalue weighted by Gasteiger charge is -2.01. The van der Waals surface area contributed by atoms with Gasteiger partial charge in [0.25, 0.3) is 0 Å². The van der Waals surface area contributed by atoms with Gasteiger partial charge in [-0.2, -0.15) is 14.9 Å². The number of aromatic nitrogens is 4. The average molecular weight is 316 g/mol. The molecule has 3 rings (SSSR count). The van der Waals surface area contributed by atoms with E-state index in [1.54, 1.807) is 29.4 Å². The summed E-state index contributed by atoms with van der Waals surface area (Å²) in [6.45, 7) is 0. The first kappa shape index (κ1) is 13.7. The lowest BCUT2D eigenvalue weighted by molar-refractivity contribution is 0.871. The first-order chi connectivity index (χ1) is 10.2. The molecule has 0 aliphatic rings. The molecule has 2 aromatic heterocycles. The molecule has 0 amide bonds. The van der Waals surface area contributed by atoms with Crippen molar-refractivity contribution in [3.8, 4) is 11.4 Å². The minimum absolute atomic E-state index is 0.412. The molecule has 0 unspecified atom stereocenters. The van der Waals surface area contributed by atoms with Crippen LogP contribution in [0, 0.1) is 4.77 Å². The van der Waals surface area contributed by atoms with Crippen LogP contribution >= 0.6 is 23.8 Å². The van der Waals surface area contributed by atoms with Crippen LogP contribution in [0.1, 0.15) is 5.56 Å². The van der Waals surface area contributed by atoms with Crippen molar-refractivity contribution in [2.24, 2.45) is 5.10 Å². The Morgan fingerprint density at radius 1 is 1.24 bits per heavy atom. The zero-order chi connectivity index (χ0) is 14.7. The molecule has 0 spiro atoms. The number of pyridine rings is 1. The molecule has 5 nitrogen and oxygen atoms in total. The number of aromatic amines is 1. The Kier molecular flexibility index (Phi) is 3.89. The molecular formula is C14H10ClN5S. The maximum absolute atomic E-state index is 6.01. The SMILES string of the molecule is S=c1[nH]nc(-c2cccc(Cl)c2)n1/N=C\c1ccncc1. The van der Waals surface area contributed by atoms with Crippen LogP contribution in [-0.2, 0) is 0 Å². The van der Waals surface area contributed by atoms with Crippen LogP contribution in [0.4, 0.5) is 0 Å². The molecule has 21 heavy (non-hydrogen) atoms. The van der Waals surface area contributed by atoms with E-state index in [-0.39, 0.29) is 0 Å². The maximum atomic E-state index is 6.01. The van der Waals surface area contributed by atoms with Crippen molar-refractivity contribution < 1.29 is 0 Å². The van der Waals surface area contributed by atoms with E-state index in [0.29, 0.717) is 15.6 Å². The van der Waals surface area contributed by atoms with Gasteiger partial charge in [-0.3, -0.25) is 4.98 Å². The van der Waals surface area contributed by atoms with Crippen LogP contribution < -0.4 is 0 Å². The third-order valence-corrected chi connectivity index (χ3v) is 3.26. The van der Waals surface area contributed by atoms with Gasteiger partial charge < -0.3 is 0 Å². The number of hydrogen-bond donors (Lipinski definition) is 1. The minimum Gasteiger partial charge on any atom is -0.265 e. The maximum Gasteiger partial charge on any atom is 0.216 e. The van der Waals surface area contributed by atoms with Crippen LogP contribution in [0.2, 0.25) is 5.02 Å². The Bertz CT molecular complexity index is 838. The predicted molar refractivity (Wildman–Crippen MR) is 85.1 cm³/mol. The monoisotopic (exact) mass is 315 g/mol. The molecule has 0 bridgehead atoms. The summed E-state index contributed by atoms with van der Waals surface area (Å²) >= 11 is 11.2. The van der Waals surface area contributed by atoms with Crippen LogP contribution in [0.25, 0.3) is 11.4 Å². The molecule has 3 aromatic rings. The molecule has 2 heterocycles. The van der Waals surface area contributed by atoms with Crippen molar-refractivity contribution in [3.63, 3.8) is 0 Å². The Labute approximate surface area is 130 Å². The van der Waals surface area contributed by atoms with E-state index in [2.05, 4.69) is 20.3 Å². The normalized spacial score (nSPS) is 11.1. The Balaban J connectivity index is 2.02. The summed E-state index contributed by atoms with van der Waals surface area (Å²) in [6, 6.07) is 11.1. The van der Waals surface area contributed by atoms with Crippen molar-refractivity contribution in [3.05, 3.63) is 64.1 Å². The Hall–Kier alpha value is -2.31. The summed E-state index contributed by atoms with van der Waals surface area (Å²) in [4.78, 5) is 3.96. The predicted octanol–water partition coefficient (Wildman–Crippen LogP) is 3.54. The summed E-state index contributed by atoms with van der Waals surface area (Å²) in [7, 11) is 0. The number of H-pyrrole nitrogens is 1. The van der Waals surface area contributed by atoms with Gasteiger partial charge >= 0.3 is 0 Å². The number of nitrogens with zero attached hydrogens (tertiary/aromatic N) is 4. The second kappa shape index (κ2) is 5.99. The van der Waals surface area contributed by atoms with E-state index < -0.39 is 0 Å². The standard InChI is InChI=1S/C14H10ClN5S/c15-12-3-1-2-11(8-12)13-18-19-14(21)20(13)17-9-10-4-6-16-7-5-10/h1-9H,(H,19,21)/b17-9-. The number of benzene rings is 1. The molecule has 1 aromatic carbocycles. The largest absolute Gasteiger partial charge is 0.265 e. The Morgan fingerprint density at radius 2 is 2.05 bits per heavy atom. The van der Waals surface area contributed by atoms with Crippen molar-refractivity contribution in [1.29, 1.82) is 0 Å². The first-order valence-electron chi connectivity index (χ1n) is 6.12. The van der Waals surface area contributed by atoms with Crippen molar-refractivity contribution >= 4 is 30.0 Å². The van der Waals surface area contributed by atoms with Crippen LogP contribution in [0.5, 0.6) is 0 Å². The summed E-state index contributed by atoms with van der Waals surface area (Å²) in [5.41, 5.74) is 1.76. The minimum atomic E-state index is 0.412. The van der Waals surface area contributed by atoms with Gasteiger partial charge in [-0.15, -0.1) is 0 Å². The molecule has 0 fully saturated rings. The van der Waals surface area contributed by atoms with Crippen LogP contribution in [-0.4, -0.2) is 26.1 Å². The van der Waals surface area contributed by atoms with Gasteiger partial charge in [-0.1, -0.05) is 23.7 Å². The number of nitrogens with one attached hydrogen (secondary N) is 1. The number of rotatable bonds is 3. The van der Waals surface area contributed by atoms with E-state index in [4.69, 9.17) is 23.8 Å². The van der Waals surface area contributed by atoms with Gasteiger partial charge in [-0.05, 0) is 42.0 Å². The molecule has 0 saturated heterocycles. The average Bonchev–Trinajstić information content (AvgIpc) is 2.87. The molecule has 0 atom stereocenters. The fourth-order valence-electron chi connectivity index (χ4n) is 1.79. The highest BCUT2D eigenvalue weighted by Crippen LogP contribution is 2.21. The van der Waals surface area contributed by atoms with E-state index in [0.717, 1.165) is 11.1 Å². The van der Waals surface area contributed by atoms with Gasteiger partial charge in [0.2, 0.25) is 4.77 Å². The highest BCUT2D eigenvalue weighted by molar-refractivity contribution is 7.71. The quantitative estimate of drug-likeness (QED) is 0.594. The molecule has 0 radical (unpaired) electrons. The Morgan fingerprint density at radius 3 is 2.81 bits per heavy atom. The van der Waals surface area contributed by atoms with E-state index in [1.165, 1.54) is 0 Å². The summed E-state index contributed by atoms with van der Waals surface area (Å²) in [6.07, 6.45) is 5.10. The van der Waals surface area contributed by atoms with Gasteiger partial charge in [0.15, 0.2) is 5.82 Å². The lowest BCUT2D eigenvalue weighted by atomic mass is 10.2. The molecule has 0 saturated carbocycles. The smallest absolute Gasteiger partial charge is 0.216 e. The van der Waals surface area contributed by atoms with Gasteiger partial charge in [0.05, 0.1) is 6.21 Å². The molecule has 0 aliphatic carbocycles. The van der Waals surface area contributed by atoms with E-state index >= 15 is 0 Å². The molecule has 104 valence electrons. The fourth-order valence-corrected chi connectivity index (χ4v) is 2.16. The zero-order valence-electron chi connectivity index (χ0n) is 10.8. The van der Waals surface area contributed by atoms with Crippen LogP contribution in [0.3, 0.4) is 0 Å². The molecule has 0 aliphatic heterocycles. The summed E-state index contributed by atoms with van der Waals surface area (Å²) < 4.78 is 1.97. The van der Waals surface area contributed by atoms with Gasteiger partial charge in [0.1, 0.15) is 0 Å². The number of hydrogen-bond acceptors (Lipinski definition) is 4. The first-order valence-corrected chi connectivity index (χ1v) is 6.90. The molecule has 7 heteroatoms. The van der Waals surface area contributed by atoms with E-state index in [9.17, 15) is 0 Å². The highest BCUT2D eigenvalue weighted by Gasteiger charge is 2.08. The van der Waals surface area contributed by atoms with E-state index in [1.807, 2.05) is 30.3 Å². The van der Waals surface area contributed by atoms with Crippen molar-refractivity contribution in [2.75, 3.05) is 0 Å². The topological polar surface area (TPSA) is 58.9 Å². The van der Waals surface area contributed by atoms with Gasteiger partial charge in [0, 0.05) is 23.0 Å². The second-order valence-electron chi connectivity index (χ2n) is 4.20. The molecule has 1 N–H and O–H groups in total. The summed E-state index contributed by atoms with van der Waals surface area (Å²) in [5.74, 6) is 0.604. The van der Waals surface area contributed by atoms with Crippen LogP contribution in [0.15, 0.2) is 53.9 Å².